The molecule has 106 valence electrons. The van der Waals surface area contributed by atoms with Gasteiger partial charge in [-0.2, -0.15) is 13.2 Å². The summed E-state index contributed by atoms with van der Waals surface area (Å²) in [4.78, 5) is 9.31. The van der Waals surface area contributed by atoms with Crippen LogP contribution in [0.5, 0.6) is 0 Å². The fraction of sp³-hybridized carbons (Fsp3) is 0.429. The molecule has 0 unspecified atom stereocenters. The van der Waals surface area contributed by atoms with Crippen molar-refractivity contribution < 1.29 is 13.2 Å². The van der Waals surface area contributed by atoms with E-state index in [-0.39, 0.29) is 0 Å². The van der Waals surface area contributed by atoms with Gasteiger partial charge in [-0.1, -0.05) is 6.07 Å². The Labute approximate surface area is 114 Å². The molecule has 1 aliphatic heterocycles. The van der Waals surface area contributed by atoms with Gasteiger partial charge in [-0.05, 0) is 43.6 Å². The molecule has 0 atom stereocenters. The smallest absolute Gasteiger partial charge is 0.299 e. The van der Waals surface area contributed by atoms with Gasteiger partial charge in [0.05, 0.1) is 5.52 Å². The molecule has 1 aromatic heterocycles. The third kappa shape index (κ3) is 2.75. The summed E-state index contributed by atoms with van der Waals surface area (Å²) in [7, 11) is 0. The summed E-state index contributed by atoms with van der Waals surface area (Å²) in [6, 6.07) is 5.35. The number of likely N-dealkylation sites (tertiary alicyclic amines) is 1. The van der Waals surface area contributed by atoms with Gasteiger partial charge in [0, 0.05) is 18.1 Å². The zero-order chi connectivity index (χ0) is 14.2. The number of hydrogen-bond acceptors (Lipinski definition) is 3. The zero-order valence-electron chi connectivity index (χ0n) is 10.8. The second kappa shape index (κ2) is 5.01. The third-order valence-corrected chi connectivity index (χ3v) is 3.50. The molecule has 2 heterocycles. The average molecular weight is 281 g/mol. The topological polar surface area (TPSA) is 29.0 Å². The Morgan fingerprint density at radius 1 is 1.15 bits per heavy atom. The molecule has 20 heavy (non-hydrogen) atoms. The number of aromatic nitrogens is 2. The molecule has 0 aliphatic carbocycles. The maximum atomic E-state index is 12.5. The summed E-state index contributed by atoms with van der Waals surface area (Å²) in [5.41, 5.74) is 1.42. The van der Waals surface area contributed by atoms with E-state index < -0.39 is 12.0 Å². The van der Waals surface area contributed by atoms with Crippen LogP contribution in [0.15, 0.2) is 24.4 Å². The molecule has 1 fully saturated rings. The van der Waals surface area contributed by atoms with Gasteiger partial charge in [0.2, 0.25) is 5.82 Å². The lowest BCUT2D eigenvalue weighted by Gasteiger charge is -2.14. The van der Waals surface area contributed by atoms with Crippen molar-refractivity contribution in [2.75, 3.05) is 13.1 Å². The van der Waals surface area contributed by atoms with Crippen molar-refractivity contribution in [2.24, 2.45) is 0 Å². The summed E-state index contributed by atoms with van der Waals surface area (Å²) >= 11 is 0. The van der Waals surface area contributed by atoms with E-state index in [1.54, 1.807) is 6.07 Å². The number of alkyl halides is 3. The lowest BCUT2D eigenvalue weighted by atomic mass is 10.1. The molecule has 0 radical (unpaired) electrons. The van der Waals surface area contributed by atoms with Crippen LogP contribution >= 0.6 is 0 Å². The fourth-order valence-corrected chi connectivity index (χ4v) is 2.52. The van der Waals surface area contributed by atoms with Crippen molar-refractivity contribution in [3.05, 3.63) is 35.8 Å². The van der Waals surface area contributed by atoms with Crippen LogP contribution in [0.25, 0.3) is 10.9 Å². The Kier molecular flexibility index (Phi) is 3.33. The maximum absolute atomic E-state index is 12.5. The first kappa shape index (κ1) is 13.3. The van der Waals surface area contributed by atoms with E-state index in [0.717, 1.165) is 25.2 Å². The summed E-state index contributed by atoms with van der Waals surface area (Å²) in [6.45, 7) is 3.00. The predicted octanol–water partition coefficient (Wildman–Crippen LogP) is 3.24. The molecule has 1 aliphatic rings. The lowest BCUT2D eigenvalue weighted by molar-refractivity contribution is -0.144. The van der Waals surface area contributed by atoms with E-state index in [9.17, 15) is 13.2 Å². The summed E-state index contributed by atoms with van der Waals surface area (Å²) in [5.74, 6) is -1.09. The minimum absolute atomic E-state index is 0.331. The molecule has 0 bridgehead atoms. The van der Waals surface area contributed by atoms with Crippen molar-refractivity contribution in [3.63, 3.8) is 0 Å². The van der Waals surface area contributed by atoms with Gasteiger partial charge in [-0.15, -0.1) is 0 Å². The molecule has 0 spiro atoms. The Morgan fingerprint density at radius 3 is 2.60 bits per heavy atom. The van der Waals surface area contributed by atoms with Crippen LogP contribution in [0.1, 0.15) is 24.2 Å². The van der Waals surface area contributed by atoms with Crippen LogP contribution in [-0.4, -0.2) is 28.0 Å². The van der Waals surface area contributed by atoms with Crippen LogP contribution in [-0.2, 0) is 12.7 Å². The molecule has 1 aromatic carbocycles. The first-order chi connectivity index (χ1) is 9.52. The van der Waals surface area contributed by atoms with Crippen molar-refractivity contribution in [2.45, 2.75) is 25.6 Å². The molecule has 3 rings (SSSR count). The highest BCUT2D eigenvalue weighted by atomic mass is 19.4. The van der Waals surface area contributed by atoms with Crippen molar-refractivity contribution in [1.82, 2.24) is 14.9 Å². The lowest BCUT2D eigenvalue weighted by Crippen LogP contribution is -2.18. The van der Waals surface area contributed by atoms with Crippen molar-refractivity contribution in [1.29, 1.82) is 0 Å². The first-order valence-electron chi connectivity index (χ1n) is 6.57. The van der Waals surface area contributed by atoms with Crippen LogP contribution in [0.3, 0.4) is 0 Å². The highest BCUT2D eigenvalue weighted by molar-refractivity contribution is 5.78. The first-order valence-corrected chi connectivity index (χ1v) is 6.57. The minimum atomic E-state index is -4.50. The standard InChI is InChI=1S/C14H14F3N3/c15-14(16,17)13-18-8-11-7-10(3-4-12(11)19-13)9-20-5-1-2-6-20/h3-4,7-8H,1-2,5-6,9H2. The Balaban J connectivity index is 1.88. The number of halogens is 3. The molecular weight excluding hydrogens is 267 g/mol. The van der Waals surface area contributed by atoms with E-state index in [1.165, 1.54) is 19.0 Å². The summed E-state index contributed by atoms with van der Waals surface area (Å²) < 4.78 is 37.6. The summed E-state index contributed by atoms with van der Waals surface area (Å²) in [6.07, 6.45) is -0.821. The molecule has 1 saturated heterocycles. The van der Waals surface area contributed by atoms with Crippen LogP contribution in [0.4, 0.5) is 13.2 Å². The van der Waals surface area contributed by atoms with Gasteiger partial charge in [0.15, 0.2) is 0 Å². The third-order valence-electron chi connectivity index (χ3n) is 3.50. The molecular formula is C14H14F3N3. The molecule has 0 N–H and O–H groups in total. The highest BCUT2D eigenvalue weighted by Crippen LogP contribution is 2.27. The second-order valence-electron chi connectivity index (χ2n) is 5.07. The Morgan fingerprint density at radius 2 is 1.90 bits per heavy atom. The van der Waals surface area contributed by atoms with E-state index in [0.29, 0.717) is 10.9 Å². The molecule has 2 aromatic rings. The highest BCUT2D eigenvalue weighted by Gasteiger charge is 2.34. The zero-order valence-corrected chi connectivity index (χ0v) is 10.8. The Hall–Kier alpha value is -1.69. The number of fused-ring (bicyclic) bond motifs is 1. The van der Waals surface area contributed by atoms with Gasteiger partial charge in [0.1, 0.15) is 0 Å². The van der Waals surface area contributed by atoms with E-state index in [2.05, 4.69) is 14.9 Å². The quantitative estimate of drug-likeness (QED) is 0.846. The van der Waals surface area contributed by atoms with Gasteiger partial charge in [0.25, 0.3) is 0 Å². The number of rotatable bonds is 2. The van der Waals surface area contributed by atoms with E-state index >= 15 is 0 Å². The average Bonchev–Trinajstić information content (AvgIpc) is 2.90. The predicted molar refractivity (Wildman–Crippen MR) is 69.1 cm³/mol. The maximum Gasteiger partial charge on any atom is 0.451 e. The fourth-order valence-electron chi connectivity index (χ4n) is 2.52. The van der Waals surface area contributed by atoms with Crippen LogP contribution in [0, 0.1) is 0 Å². The van der Waals surface area contributed by atoms with Crippen LogP contribution in [0.2, 0.25) is 0 Å². The second-order valence-corrected chi connectivity index (χ2v) is 5.07. The largest absolute Gasteiger partial charge is 0.451 e. The SMILES string of the molecule is FC(F)(F)c1ncc2cc(CN3CCCC3)ccc2n1. The van der Waals surface area contributed by atoms with Crippen molar-refractivity contribution >= 4 is 10.9 Å². The Bertz CT molecular complexity index is 619. The van der Waals surface area contributed by atoms with Gasteiger partial charge in [-0.3, -0.25) is 4.90 Å². The normalized spacial score (nSPS) is 16.9. The van der Waals surface area contributed by atoms with Gasteiger partial charge < -0.3 is 0 Å². The monoisotopic (exact) mass is 281 g/mol. The van der Waals surface area contributed by atoms with Crippen LogP contribution < -0.4 is 0 Å². The van der Waals surface area contributed by atoms with E-state index in [4.69, 9.17) is 0 Å². The molecule has 0 amide bonds. The number of benzene rings is 1. The van der Waals surface area contributed by atoms with E-state index in [1.807, 2.05) is 12.1 Å². The molecule has 6 heteroatoms. The van der Waals surface area contributed by atoms with Gasteiger partial charge >= 0.3 is 6.18 Å². The summed E-state index contributed by atoms with van der Waals surface area (Å²) in [5, 5.41) is 0.648. The minimum Gasteiger partial charge on any atom is -0.299 e. The van der Waals surface area contributed by atoms with Gasteiger partial charge in [-0.25, -0.2) is 9.97 Å². The van der Waals surface area contributed by atoms with Crippen molar-refractivity contribution in [3.8, 4) is 0 Å². The molecule has 0 saturated carbocycles. The number of nitrogens with zero attached hydrogens (tertiary/aromatic N) is 3. The number of hydrogen-bond donors (Lipinski definition) is 0. The molecule has 3 nitrogen and oxygen atoms in total.